The average molecular weight is 487 g/mol. The van der Waals surface area contributed by atoms with Crippen molar-refractivity contribution in [3.05, 3.63) is 77.3 Å². The molecule has 5 rings (SSSR count). The predicted molar refractivity (Wildman–Crippen MR) is 124 cm³/mol. The van der Waals surface area contributed by atoms with Crippen LogP contribution in [0, 0.1) is 0 Å². The summed E-state index contributed by atoms with van der Waals surface area (Å²) >= 11 is 7.05. The first-order valence-corrected chi connectivity index (χ1v) is 11.1. The number of fused-ring (bicyclic) bond motifs is 5. The Kier molecular flexibility index (Phi) is 5.38. The topological polar surface area (TPSA) is 59.3 Å². The molecule has 0 radical (unpaired) electrons. The third-order valence-electron chi connectivity index (χ3n) is 5.03. The molecule has 166 valence electrons. The molecule has 5 aromatic rings. The number of hydrogen-bond acceptors (Lipinski definition) is 4. The van der Waals surface area contributed by atoms with E-state index in [0.717, 1.165) is 34.2 Å². The highest BCUT2D eigenvalue weighted by Gasteiger charge is 2.34. The van der Waals surface area contributed by atoms with Crippen LogP contribution < -0.4 is 5.32 Å². The molecular formula is C23H14ClF3N4OS. The Bertz CT molecular complexity index is 1530. The number of aromatic nitrogens is 3. The minimum Gasteiger partial charge on any atom is -0.324 e. The summed E-state index contributed by atoms with van der Waals surface area (Å²) in [6.07, 6.45) is -4.65. The molecule has 0 fully saturated rings. The Morgan fingerprint density at radius 2 is 1.70 bits per heavy atom. The summed E-state index contributed by atoms with van der Waals surface area (Å²) < 4.78 is 41.8. The van der Waals surface area contributed by atoms with Crippen LogP contribution in [0.4, 0.5) is 18.9 Å². The van der Waals surface area contributed by atoms with Crippen LogP contribution in [0.5, 0.6) is 0 Å². The number of nitrogens with one attached hydrogen (secondary N) is 1. The molecule has 2 aromatic heterocycles. The van der Waals surface area contributed by atoms with Crippen LogP contribution in [-0.4, -0.2) is 26.0 Å². The highest BCUT2D eigenvalue weighted by molar-refractivity contribution is 7.99. The fourth-order valence-electron chi connectivity index (χ4n) is 3.60. The van der Waals surface area contributed by atoms with Crippen LogP contribution in [0.25, 0.3) is 27.6 Å². The predicted octanol–water partition coefficient (Wildman–Crippen LogP) is 6.44. The molecule has 5 nitrogen and oxygen atoms in total. The number of halogens is 4. The van der Waals surface area contributed by atoms with E-state index in [0.29, 0.717) is 16.3 Å². The average Bonchev–Trinajstić information content (AvgIpc) is 3.18. The first-order valence-electron chi connectivity index (χ1n) is 9.77. The van der Waals surface area contributed by atoms with Crippen molar-refractivity contribution in [1.82, 2.24) is 14.4 Å². The molecular weight excluding hydrogens is 473 g/mol. The van der Waals surface area contributed by atoms with Gasteiger partial charge in [0.15, 0.2) is 5.16 Å². The largest absolute Gasteiger partial charge is 0.418 e. The van der Waals surface area contributed by atoms with E-state index >= 15 is 0 Å². The molecule has 0 saturated carbocycles. The molecule has 3 aromatic carbocycles. The summed E-state index contributed by atoms with van der Waals surface area (Å²) in [4.78, 5) is 22.0. The maximum atomic E-state index is 13.3. The van der Waals surface area contributed by atoms with Crippen molar-refractivity contribution >= 4 is 62.5 Å². The van der Waals surface area contributed by atoms with Gasteiger partial charge in [-0.2, -0.15) is 13.2 Å². The number of carbonyl (C=O) groups excluding carboxylic acids is 1. The van der Waals surface area contributed by atoms with Gasteiger partial charge in [-0.1, -0.05) is 53.7 Å². The van der Waals surface area contributed by atoms with Crippen molar-refractivity contribution < 1.29 is 18.0 Å². The summed E-state index contributed by atoms with van der Waals surface area (Å²) in [5, 5.41) is 3.48. The molecule has 0 unspecified atom stereocenters. The number of rotatable bonds is 4. The summed E-state index contributed by atoms with van der Waals surface area (Å²) in [5.41, 5.74) is 1.53. The van der Waals surface area contributed by atoms with Gasteiger partial charge in [0, 0.05) is 5.39 Å². The van der Waals surface area contributed by atoms with E-state index in [1.807, 2.05) is 52.9 Å². The van der Waals surface area contributed by atoms with E-state index < -0.39 is 23.3 Å². The van der Waals surface area contributed by atoms with Gasteiger partial charge in [-0.15, -0.1) is 0 Å². The van der Waals surface area contributed by atoms with Crippen LogP contribution in [0.3, 0.4) is 0 Å². The van der Waals surface area contributed by atoms with E-state index in [1.165, 1.54) is 12.1 Å². The Hall–Kier alpha value is -3.30. The van der Waals surface area contributed by atoms with Crippen LogP contribution in [-0.2, 0) is 11.0 Å². The Morgan fingerprint density at radius 3 is 2.48 bits per heavy atom. The number of nitrogens with zero attached hydrogens (tertiary/aromatic N) is 3. The van der Waals surface area contributed by atoms with Gasteiger partial charge in [-0.3, -0.25) is 9.20 Å². The highest BCUT2D eigenvalue weighted by Crippen LogP contribution is 2.38. The Labute approximate surface area is 194 Å². The number of carbonyl (C=O) groups is 1. The van der Waals surface area contributed by atoms with Gasteiger partial charge in [-0.05, 0) is 36.4 Å². The molecule has 33 heavy (non-hydrogen) atoms. The molecule has 0 spiro atoms. The SMILES string of the molecule is O=C(CSc1nc2ccccc2c2nc3ccccc3n12)Nc1c(Cl)cccc1C(F)(F)F. The standard InChI is InChI=1S/C23H14ClF3N4OS/c24-15-8-5-7-14(23(25,26)27)20(15)30-19(32)12-33-22-29-16-9-2-1-6-13(16)21-28-17-10-3-4-11-18(17)31(21)22/h1-11H,12H2,(H,30,32). The molecule has 0 aliphatic heterocycles. The lowest BCUT2D eigenvalue weighted by atomic mass is 10.1. The number of amides is 1. The monoisotopic (exact) mass is 486 g/mol. The van der Waals surface area contributed by atoms with Gasteiger partial charge in [0.1, 0.15) is 5.65 Å². The lowest BCUT2D eigenvalue weighted by Gasteiger charge is -2.15. The van der Waals surface area contributed by atoms with Crippen LogP contribution in [0.1, 0.15) is 5.56 Å². The lowest BCUT2D eigenvalue weighted by Crippen LogP contribution is -2.18. The summed E-state index contributed by atoms with van der Waals surface area (Å²) in [6, 6.07) is 18.4. The molecule has 1 amide bonds. The third-order valence-corrected chi connectivity index (χ3v) is 6.28. The van der Waals surface area contributed by atoms with Gasteiger partial charge < -0.3 is 5.32 Å². The number of hydrogen-bond donors (Lipinski definition) is 1. The van der Waals surface area contributed by atoms with Crippen molar-refractivity contribution in [2.45, 2.75) is 11.3 Å². The molecule has 2 heterocycles. The second kappa shape index (κ2) is 8.24. The van der Waals surface area contributed by atoms with Crippen molar-refractivity contribution in [3.63, 3.8) is 0 Å². The fourth-order valence-corrected chi connectivity index (χ4v) is 4.63. The van der Waals surface area contributed by atoms with Gasteiger partial charge >= 0.3 is 6.18 Å². The Morgan fingerprint density at radius 1 is 0.970 bits per heavy atom. The highest BCUT2D eigenvalue weighted by atomic mass is 35.5. The Balaban J connectivity index is 1.50. The van der Waals surface area contributed by atoms with Crippen LogP contribution in [0.15, 0.2) is 71.9 Å². The van der Waals surface area contributed by atoms with Crippen molar-refractivity contribution in [1.29, 1.82) is 0 Å². The third kappa shape index (κ3) is 3.98. The van der Waals surface area contributed by atoms with E-state index in [-0.39, 0.29) is 10.8 Å². The second-order valence-corrected chi connectivity index (χ2v) is 8.52. The minimum absolute atomic E-state index is 0.171. The van der Waals surface area contributed by atoms with E-state index in [2.05, 4.69) is 10.3 Å². The zero-order valence-corrected chi connectivity index (χ0v) is 18.3. The van der Waals surface area contributed by atoms with Crippen molar-refractivity contribution in [2.24, 2.45) is 0 Å². The van der Waals surface area contributed by atoms with Gasteiger partial charge in [0.2, 0.25) is 5.91 Å². The first-order chi connectivity index (χ1) is 15.8. The first kappa shape index (κ1) is 21.5. The molecule has 0 bridgehead atoms. The number of para-hydroxylation sites is 4. The van der Waals surface area contributed by atoms with Crippen LogP contribution in [0.2, 0.25) is 5.02 Å². The van der Waals surface area contributed by atoms with Crippen molar-refractivity contribution in [2.75, 3.05) is 11.1 Å². The quantitative estimate of drug-likeness (QED) is 0.234. The number of thioether (sulfide) groups is 1. The normalized spacial score (nSPS) is 12.0. The number of imidazole rings is 1. The smallest absolute Gasteiger partial charge is 0.324 e. The number of anilines is 1. The minimum atomic E-state index is -4.65. The maximum Gasteiger partial charge on any atom is 0.418 e. The van der Waals surface area contributed by atoms with E-state index in [4.69, 9.17) is 16.6 Å². The lowest BCUT2D eigenvalue weighted by molar-refractivity contribution is -0.137. The molecule has 1 N–H and O–H groups in total. The number of alkyl halides is 3. The van der Waals surface area contributed by atoms with Crippen LogP contribution >= 0.6 is 23.4 Å². The molecule has 0 saturated heterocycles. The fraction of sp³-hybridized carbons (Fsp3) is 0.0870. The maximum absolute atomic E-state index is 13.3. The van der Waals surface area contributed by atoms with Gasteiger partial charge in [0.05, 0.1) is 38.6 Å². The van der Waals surface area contributed by atoms with Gasteiger partial charge in [0.25, 0.3) is 0 Å². The molecule has 10 heteroatoms. The molecule has 0 aliphatic carbocycles. The zero-order valence-electron chi connectivity index (χ0n) is 16.7. The summed E-state index contributed by atoms with van der Waals surface area (Å²) in [6.45, 7) is 0. The summed E-state index contributed by atoms with van der Waals surface area (Å²) in [7, 11) is 0. The van der Waals surface area contributed by atoms with E-state index in [1.54, 1.807) is 0 Å². The number of benzene rings is 3. The van der Waals surface area contributed by atoms with E-state index in [9.17, 15) is 18.0 Å². The molecule has 0 aliphatic rings. The molecule has 0 atom stereocenters. The summed E-state index contributed by atoms with van der Waals surface area (Å²) in [5.74, 6) is -0.804. The van der Waals surface area contributed by atoms with Gasteiger partial charge in [-0.25, -0.2) is 9.97 Å². The van der Waals surface area contributed by atoms with Crippen molar-refractivity contribution in [3.8, 4) is 0 Å². The second-order valence-electron chi connectivity index (χ2n) is 7.17. The zero-order chi connectivity index (χ0) is 23.2.